The maximum atomic E-state index is 14.4. The normalized spacial score (nSPS) is 16.3. The Kier molecular flexibility index (Phi) is 6.31. The van der Waals surface area contributed by atoms with Crippen LogP contribution in [-0.2, 0) is 19.0 Å². The van der Waals surface area contributed by atoms with Crippen LogP contribution in [0.5, 0.6) is 0 Å². The minimum Gasteiger partial charge on any atom is -0.344 e. The largest absolute Gasteiger partial charge is 0.416 e. The summed E-state index contributed by atoms with van der Waals surface area (Å²) in [5.74, 6) is -0.367. The zero-order valence-electron chi connectivity index (χ0n) is 19.8. The van der Waals surface area contributed by atoms with Crippen molar-refractivity contribution in [1.82, 2.24) is 14.9 Å². The van der Waals surface area contributed by atoms with E-state index in [0.29, 0.717) is 33.3 Å². The molecule has 4 aromatic rings. The van der Waals surface area contributed by atoms with Gasteiger partial charge in [0.15, 0.2) is 0 Å². The first-order chi connectivity index (χ1) is 17.6. The van der Waals surface area contributed by atoms with Gasteiger partial charge >= 0.3 is 6.18 Å². The number of carbonyl (C=O) groups excluding carboxylic acids is 1. The molecule has 1 N–H and O–H groups in total. The highest BCUT2D eigenvalue weighted by Crippen LogP contribution is 2.32. The zero-order valence-corrected chi connectivity index (χ0v) is 19.8. The first-order valence-corrected chi connectivity index (χ1v) is 11.9. The summed E-state index contributed by atoms with van der Waals surface area (Å²) in [5, 5.41) is 3.42. The number of benzene rings is 2. The molecule has 0 radical (unpaired) electrons. The Morgan fingerprint density at radius 3 is 2.51 bits per heavy atom. The van der Waals surface area contributed by atoms with Gasteiger partial charge in [-0.05, 0) is 79.9 Å². The highest BCUT2D eigenvalue weighted by molar-refractivity contribution is 5.99. The number of halogens is 4. The molecule has 0 spiro atoms. The smallest absolute Gasteiger partial charge is 0.344 e. The van der Waals surface area contributed by atoms with Crippen molar-refractivity contribution in [2.45, 2.75) is 44.6 Å². The van der Waals surface area contributed by atoms with Crippen molar-refractivity contribution in [1.29, 1.82) is 0 Å². The first-order valence-electron chi connectivity index (χ1n) is 11.9. The number of alkyl halides is 4. The average molecular weight is 510 g/mol. The molecular weight excluding hydrogens is 486 g/mol. The van der Waals surface area contributed by atoms with Gasteiger partial charge in [0.25, 0.3) is 11.5 Å². The van der Waals surface area contributed by atoms with Crippen molar-refractivity contribution < 1.29 is 22.4 Å². The van der Waals surface area contributed by atoms with Gasteiger partial charge in [-0.2, -0.15) is 13.2 Å². The van der Waals surface area contributed by atoms with Gasteiger partial charge in [0, 0.05) is 34.8 Å². The van der Waals surface area contributed by atoms with Crippen LogP contribution >= 0.6 is 0 Å². The minimum absolute atomic E-state index is 0.0321. The Balaban J connectivity index is 1.62. The van der Waals surface area contributed by atoms with Gasteiger partial charge in [0.1, 0.15) is 6.17 Å². The molecule has 190 valence electrons. The summed E-state index contributed by atoms with van der Waals surface area (Å²) in [4.78, 5) is 30.8. The molecule has 0 fully saturated rings. The lowest BCUT2D eigenvalue weighted by Gasteiger charge is -2.24. The summed E-state index contributed by atoms with van der Waals surface area (Å²) in [6, 6.07) is 14.1. The fraction of sp³-hybridized carbons (Fsp3) is 0.250. The van der Waals surface area contributed by atoms with Gasteiger partial charge in [-0.15, -0.1) is 0 Å². The van der Waals surface area contributed by atoms with Crippen molar-refractivity contribution in [2.24, 2.45) is 0 Å². The van der Waals surface area contributed by atoms with E-state index in [1.165, 1.54) is 16.7 Å². The fourth-order valence-electron chi connectivity index (χ4n) is 4.81. The van der Waals surface area contributed by atoms with E-state index >= 15 is 0 Å². The summed E-state index contributed by atoms with van der Waals surface area (Å²) in [6.07, 6.45) is -3.58. The summed E-state index contributed by atoms with van der Waals surface area (Å²) < 4.78 is 55.0. The van der Waals surface area contributed by atoms with E-state index in [1.807, 2.05) is 6.07 Å². The number of nitrogens with one attached hydrogen (secondary N) is 1. The summed E-state index contributed by atoms with van der Waals surface area (Å²) >= 11 is 0. The molecule has 2 aromatic carbocycles. The number of fused-ring (bicyclic) bond motifs is 3. The number of amides is 1. The van der Waals surface area contributed by atoms with E-state index in [1.54, 1.807) is 43.5 Å². The maximum absolute atomic E-state index is 14.4. The molecule has 2 aromatic heterocycles. The van der Waals surface area contributed by atoms with Crippen LogP contribution in [0, 0.1) is 0 Å². The lowest BCUT2D eigenvalue weighted by Crippen LogP contribution is -2.30. The van der Waals surface area contributed by atoms with Gasteiger partial charge in [-0.1, -0.05) is 6.07 Å². The SMILES string of the molecule is C[C@H](NC(=O)c1ccc2c(c1)c1c(c(=O)n2-c2ccc(C(F)(F)F)cc2)CCC(F)C1)c1ccccn1. The summed E-state index contributed by atoms with van der Waals surface area (Å²) in [6.45, 7) is 1.80. The van der Waals surface area contributed by atoms with Crippen LogP contribution in [0.15, 0.2) is 71.7 Å². The van der Waals surface area contributed by atoms with Gasteiger partial charge < -0.3 is 5.32 Å². The molecular formula is C28H23F4N3O2. The third-order valence-corrected chi connectivity index (χ3v) is 6.72. The quantitative estimate of drug-likeness (QED) is 0.358. The second-order valence-electron chi connectivity index (χ2n) is 9.16. The molecule has 5 rings (SSSR count). The third kappa shape index (κ3) is 4.73. The van der Waals surface area contributed by atoms with Gasteiger partial charge in [-0.3, -0.25) is 19.1 Å². The highest BCUT2D eigenvalue weighted by Gasteiger charge is 2.31. The predicted molar refractivity (Wildman–Crippen MR) is 132 cm³/mol. The Morgan fingerprint density at radius 1 is 1.08 bits per heavy atom. The summed E-state index contributed by atoms with van der Waals surface area (Å²) in [5.41, 5.74) is 1.39. The number of nitrogens with zero attached hydrogens (tertiary/aromatic N) is 2. The van der Waals surface area contributed by atoms with E-state index in [9.17, 15) is 27.2 Å². The van der Waals surface area contributed by atoms with E-state index in [2.05, 4.69) is 10.3 Å². The lowest BCUT2D eigenvalue weighted by molar-refractivity contribution is -0.137. The molecule has 1 unspecified atom stereocenters. The second-order valence-corrected chi connectivity index (χ2v) is 9.16. The van der Waals surface area contributed by atoms with Crippen molar-refractivity contribution >= 4 is 16.8 Å². The second kappa shape index (κ2) is 9.46. The van der Waals surface area contributed by atoms with Crippen LogP contribution in [0.3, 0.4) is 0 Å². The molecule has 1 aliphatic rings. The molecule has 0 bridgehead atoms. The van der Waals surface area contributed by atoms with Crippen LogP contribution in [0.25, 0.3) is 16.6 Å². The van der Waals surface area contributed by atoms with Crippen molar-refractivity contribution in [2.75, 3.05) is 0 Å². The molecule has 0 saturated heterocycles. The molecule has 37 heavy (non-hydrogen) atoms. The van der Waals surface area contributed by atoms with E-state index in [4.69, 9.17) is 0 Å². The zero-order chi connectivity index (χ0) is 26.3. The average Bonchev–Trinajstić information content (AvgIpc) is 2.88. The van der Waals surface area contributed by atoms with Crippen LogP contribution in [-0.4, -0.2) is 21.6 Å². The van der Waals surface area contributed by atoms with E-state index in [0.717, 1.165) is 12.1 Å². The molecule has 0 saturated carbocycles. The van der Waals surface area contributed by atoms with Crippen molar-refractivity contribution in [3.63, 3.8) is 0 Å². The molecule has 2 atom stereocenters. The molecule has 9 heteroatoms. The van der Waals surface area contributed by atoms with E-state index < -0.39 is 23.5 Å². The molecule has 1 amide bonds. The minimum atomic E-state index is -4.51. The monoisotopic (exact) mass is 509 g/mol. The van der Waals surface area contributed by atoms with Gasteiger partial charge in [0.05, 0.1) is 22.8 Å². The first kappa shape index (κ1) is 24.7. The van der Waals surface area contributed by atoms with Gasteiger partial charge in [0.2, 0.25) is 0 Å². The van der Waals surface area contributed by atoms with Crippen LogP contribution < -0.4 is 10.9 Å². The lowest BCUT2D eigenvalue weighted by atomic mass is 9.88. The number of hydrogen-bond donors (Lipinski definition) is 1. The molecule has 2 heterocycles. The Morgan fingerprint density at radius 2 is 1.84 bits per heavy atom. The number of hydrogen-bond acceptors (Lipinski definition) is 3. The number of rotatable bonds is 4. The maximum Gasteiger partial charge on any atom is 0.416 e. The van der Waals surface area contributed by atoms with Crippen LogP contribution in [0.1, 0.15) is 52.1 Å². The van der Waals surface area contributed by atoms with Gasteiger partial charge in [-0.25, -0.2) is 4.39 Å². The molecule has 1 aliphatic carbocycles. The Labute approximate surface area is 209 Å². The third-order valence-electron chi connectivity index (χ3n) is 6.72. The molecule has 0 aliphatic heterocycles. The molecule has 5 nitrogen and oxygen atoms in total. The standard InChI is InChI=1S/C28H23F4N3O2/c1-16(24-4-2-3-13-33-24)34-26(36)17-5-12-25-23(14-17)22-15-19(29)8-11-21(22)27(37)35(25)20-9-6-18(7-10-20)28(30,31)32/h2-7,9-10,12-14,16,19H,8,11,15H2,1H3,(H,34,36)/t16-,19?/m0/s1. The fourth-order valence-corrected chi connectivity index (χ4v) is 4.81. The number of carbonyl (C=O) groups is 1. The summed E-state index contributed by atoms with van der Waals surface area (Å²) in [7, 11) is 0. The van der Waals surface area contributed by atoms with Crippen molar-refractivity contribution in [3.8, 4) is 5.69 Å². The Bertz CT molecular complexity index is 1530. The predicted octanol–water partition coefficient (Wildman–Crippen LogP) is 5.72. The number of pyridine rings is 2. The van der Waals surface area contributed by atoms with Crippen LogP contribution in [0.2, 0.25) is 0 Å². The van der Waals surface area contributed by atoms with E-state index in [-0.39, 0.29) is 36.9 Å². The Hall–Kier alpha value is -4.01. The highest BCUT2D eigenvalue weighted by atomic mass is 19.4. The van der Waals surface area contributed by atoms with Crippen molar-refractivity contribution in [3.05, 3.63) is 105 Å². The number of aromatic nitrogens is 2. The van der Waals surface area contributed by atoms with Crippen LogP contribution in [0.4, 0.5) is 17.6 Å². The topological polar surface area (TPSA) is 64.0 Å².